The minimum Gasteiger partial charge on any atom is -0.508 e. The molecule has 0 saturated heterocycles. The van der Waals surface area contributed by atoms with E-state index in [-0.39, 0.29) is 22.5 Å². The van der Waals surface area contributed by atoms with Crippen LogP contribution in [0.15, 0.2) is 40.3 Å². The van der Waals surface area contributed by atoms with Gasteiger partial charge < -0.3 is 10.4 Å². The molecule has 0 fully saturated rings. The molecule has 0 saturated carbocycles. The van der Waals surface area contributed by atoms with Crippen LogP contribution in [0.5, 0.6) is 5.75 Å². The van der Waals surface area contributed by atoms with Crippen molar-refractivity contribution >= 4 is 11.6 Å². The number of rotatable bonds is 1. The molecule has 1 atom stereocenters. The number of carbonyl (C=O) groups is 1. The van der Waals surface area contributed by atoms with E-state index in [0.717, 1.165) is 17.7 Å². The van der Waals surface area contributed by atoms with Crippen LogP contribution in [0.4, 0.5) is 5.82 Å². The topological polar surface area (TPSA) is 98.0 Å². The Bertz CT molecular complexity index is 933. The smallest absolute Gasteiger partial charge is 0.270 e. The number of hydrogen-bond acceptors (Lipinski definition) is 4. The maximum Gasteiger partial charge on any atom is 0.270 e. The van der Waals surface area contributed by atoms with Crippen molar-refractivity contribution in [3.8, 4) is 5.75 Å². The number of phenolic OH excluding ortho intramolecular Hbond substituents is 1. The molecule has 1 aromatic heterocycles. The summed E-state index contributed by atoms with van der Waals surface area (Å²) in [6.07, 6.45) is 1.18. The first-order chi connectivity index (χ1) is 11.4. The number of aromatic hydroxyl groups is 1. The van der Waals surface area contributed by atoms with Crippen molar-refractivity contribution in [2.24, 2.45) is 5.41 Å². The molecule has 4 rings (SSSR count). The predicted octanol–water partition coefficient (Wildman–Crippen LogP) is 2.61. The molecule has 0 radical (unpaired) electrons. The second kappa shape index (κ2) is 4.87. The van der Waals surface area contributed by atoms with Gasteiger partial charge in [-0.2, -0.15) is 0 Å². The first-order valence-corrected chi connectivity index (χ1v) is 7.98. The normalized spacial score (nSPS) is 21.9. The summed E-state index contributed by atoms with van der Waals surface area (Å²) in [5.41, 5.74) is 2.34. The Balaban J connectivity index is 1.96. The Labute approximate surface area is 138 Å². The van der Waals surface area contributed by atoms with Gasteiger partial charge >= 0.3 is 0 Å². The van der Waals surface area contributed by atoms with E-state index in [1.54, 1.807) is 18.2 Å². The highest BCUT2D eigenvalue weighted by molar-refractivity contribution is 6.01. The molecule has 0 amide bonds. The Morgan fingerprint density at radius 2 is 1.96 bits per heavy atom. The largest absolute Gasteiger partial charge is 0.508 e. The average molecular weight is 325 g/mol. The van der Waals surface area contributed by atoms with Crippen LogP contribution in [-0.2, 0) is 4.79 Å². The van der Waals surface area contributed by atoms with E-state index in [4.69, 9.17) is 0 Å². The Kier molecular flexibility index (Phi) is 3.00. The fourth-order valence-electron chi connectivity index (χ4n) is 3.86. The Morgan fingerprint density at radius 3 is 2.71 bits per heavy atom. The number of phenols is 1. The Morgan fingerprint density at radius 1 is 1.17 bits per heavy atom. The van der Waals surface area contributed by atoms with Gasteiger partial charge in [0.05, 0.1) is 5.56 Å². The van der Waals surface area contributed by atoms with Gasteiger partial charge in [-0.05, 0) is 29.5 Å². The van der Waals surface area contributed by atoms with Crippen molar-refractivity contribution in [3.63, 3.8) is 0 Å². The van der Waals surface area contributed by atoms with Gasteiger partial charge in [0.1, 0.15) is 11.6 Å². The van der Waals surface area contributed by atoms with E-state index >= 15 is 0 Å². The lowest BCUT2D eigenvalue weighted by Crippen LogP contribution is -2.34. The summed E-state index contributed by atoms with van der Waals surface area (Å²) < 4.78 is 0. The number of nitrogens with one attached hydrogen (secondary N) is 3. The zero-order chi connectivity index (χ0) is 17.1. The number of anilines is 1. The van der Waals surface area contributed by atoms with E-state index in [1.165, 1.54) is 0 Å². The summed E-state index contributed by atoms with van der Waals surface area (Å²) in [6, 6.07) is 6.76. The maximum absolute atomic E-state index is 12.9. The Hall–Kier alpha value is -2.76. The van der Waals surface area contributed by atoms with E-state index in [9.17, 15) is 14.7 Å². The molecule has 0 bridgehead atoms. The minimum atomic E-state index is -0.470. The standard InChI is InChI=1S/C18H19N3O3/c1-18(2)7-11-14(12(23)8-18)13(9-4-3-5-10(22)6-9)15-16(19-11)20-21-17(15)24/h3-6,13,22H,7-8H2,1-2H3,(H3,19,20,21,24). The molecule has 1 aromatic carbocycles. The number of aromatic nitrogens is 2. The van der Waals surface area contributed by atoms with Crippen LogP contribution in [0.25, 0.3) is 0 Å². The van der Waals surface area contributed by atoms with Crippen LogP contribution in [-0.4, -0.2) is 21.1 Å². The number of ketones is 1. The van der Waals surface area contributed by atoms with Crippen molar-refractivity contribution < 1.29 is 9.90 Å². The summed E-state index contributed by atoms with van der Waals surface area (Å²) in [4.78, 5) is 25.2. The number of benzene rings is 1. The highest BCUT2D eigenvalue weighted by atomic mass is 16.3. The van der Waals surface area contributed by atoms with Gasteiger partial charge in [-0.15, -0.1) is 0 Å². The van der Waals surface area contributed by atoms with Gasteiger partial charge in [-0.25, -0.2) is 0 Å². The molecule has 4 N–H and O–H groups in total. The van der Waals surface area contributed by atoms with Crippen molar-refractivity contribution in [2.45, 2.75) is 32.6 Å². The van der Waals surface area contributed by atoms with Gasteiger partial charge in [0, 0.05) is 23.6 Å². The molecular weight excluding hydrogens is 306 g/mol. The number of carbonyl (C=O) groups excluding carboxylic acids is 1. The zero-order valence-corrected chi connectivity index (χ0v) is 13.6. The van der Waals surface area contributed by atoms with Crippen LogP contribution < -0.4 is 10.9 Å². The summed E-state index contributed by atoms with van der Waals surface area (Å²) in [7, 11) is 0. The predicted molar refractivity (Wildman–Crippen MR) is 90.0 cm³/mol. The molecule has 1 unspecified atom stereocenters. The lowest BCUT2D eigenvalue weighted by molar-refractivity contribution is -0.118. The zero-order valence-electron chi connectivity index (χ0n) is 13.6. The molecule has 1 aliphatic heterocycles. The molecule has 24 heavy (non-hydrogen) atoms. The number of hydrogen-bond donors (Lipinski definition) is 4. The van der Waals surface area contributed by atoms with Crippen molar-refractivity contribution in [1.82, 2.24) is 10.2 Å². The fourth-order valence-corrected chi connectivity index (χ4v) is 3.86. The van der Waals surface area contributed by atoms with Gasteiger partial charge in [0.2, 0.25) is 0 Å². The molecule has 1 aliphatic carbocycles. The quantitative estimate of drug-likeness (QED) is 0.648. The lowest BCUT2D eigenvalue weighted by Gasteiger charge is -2.37. The monoisotopic (exact) mass is 325 g/mol. The van der Waals surface area contributed by atoms with Crippen LogP contribution in [0.3, 0.4) is 0 Å². The van der Waals surface area contributed by atoms with E-state index in [1.807, 2.05) is 6.07 Å². The SMILES string of the molecule is CC1(C)CC(=O)C2=C(C1)Nc1[nH][nH]c(=O)c1C2c1cccc(O)c1. The highest BCUT2D eigenvalue weighted by Crippen LogP contribution is 2.47. The first kappa shape index (κ1) is 14.8. The fraction of sp³-hybridized carbons (Fsp3) is 0.333. The van der Waals surface area contributed by atoms with Crippen molar-refractivity contribution in [3.05, 3.63) is 57.0 Å². The maximum atomic E-state index is 12.9. The van der Waals surface area contributed by atoms with E-state index < -0.39 is 5.92 Å². The molecule has 124 valence electrons. The van der Waals surface area contributed by atoms with Crippen LogP contribution >= 0.6 is 0 Å². The van der Waals surface area contributed by atoms with Gasteiger partial charge in [-0.3, -0.25) is 19.8 Å². The first-order valence-electron chi connectivity index (χ1n) is 7.98. The number of fused-ring (bicyclic) bond motifs is 1. The van der Waals surface area contributed by atoms with Crippen LogP contribution in [0.2, 0.25) is 0 Å². The lowest BCUT2D eigenvalue weighted by atomic mass is 9.69. The number of Topliss-reactive ketones (excluding diaryl/α,β-unsaturated/α-hetero) is 1. The van der Waals surface area contributed by atoms with Crippen LogP contribution in [0.1, 0.15) is 43.7 Å². The van der Waals surface area contributed by atoms with Crippen molar-refractivity contribution in [1.29, 1.82) is 0 Å². The molecular formula is C18H19N3O3. The van der Waals surface area contributed by atoms with Gasteiger partial charge in [-0.1, -0.05) is 26.0 Å². The third-order valence-corrected chi connectivity index (χ3v) is 4.79. The van der Waals surface area contributed by atoms with E-state index in [2.05, 4.69) is 29.4 Å². The number of aromatic amines is 2. The second-order valence-electron chi connectivity index (χ2n) is 7.35. The third-order valence-electron chi connectivity index (χ3n) is 4.79. The molecule has 2 aromatic rings. The van der Waals surface area contributed by atoms with E-state index in [0.29, 0.717) is 23.4 Å². The van der Waals surface area contributed by atoms with Crippen LogP contribution in [0, 0.1) is 5.41 Å². The third kappa shape index (κ3) is 2.18. The molecule has 2 aliphatic rings. The van der Waals surface area contributed by atoms with Crippen molar-refractivity contribution in [2.75, 3.05) is 5.32 Å². The molecule has 0 spiro atoms. The summed E-state index contributed by atoms with van der Waals surface area (Å²) in [6.45, 7) is 4.13. The molecule has 6 heteroatoms. The highest BCUT2D eigenvalue weighted by Gasteiger charge is 2.42. The number of H-pyrrole nitrogens is 2. The summed E-state index contributed by atoms with van der Waals surface area (Å²) in [5.74, 6) is 0.290. The average Bonchev–Trinajstić information content (AvgIpc) is 2.85. The summed E-state index contributed by atoms with van der Waals surface area (Å²) >= 11 is 0. The number of allylic oxidation sites excluding steroid dienone is 2. The molecule has 6 nitrogen and oxygen atoms in total. The molecule has 2 heterocycles. The second-order valence-corrected chi connectivity index (χ2v) is 7.35. The van der Waals surface area contributed by atoms with Gasteiger partial charge in [0.15, 0.2) is 5.78 Å². The minimum absolute atomic E-state index is 0.0494. The van der Waals surface area contributed by atoms with Gasteiger partial charge in [0.25, 0.3) is 5.56 Å². The summed E-state index contributed by atoms with van der Waals surface area (Å²) in [5, 5.41) is 18.5.